The molecule has 0 aliphatic carbocycles. The highest BCUT2D eigenvalue weighted by atomic mass is 35.5. The molecule has 0 saturated carbocycles. The fourth-order valence-corrected chi connectivity index (χ4v) is 3.58. The van der Waals surface area contributed by atoms with Gasteiger partial charge in [-0.2, -0.15) is 4.98 Å². The Morgan fingerprint density at radius 3 is 2.81 bits per heavy atom. The van der Waals surface area contributed by atoms with Gasteiger partial charge in [0.1, 0.15) is 0 Å². The van der Waals surface area contributed by atoms with Gasteiger partial charge >= 0.3 is 0 Å². The Balaban J connectivity index is 1.50. The number of nitrogens with zero attached hydrogens (tertiary/aromatic N) is 3. The Morgan fingerprint density at radius 1 is 1.22 bits per heavy atom. The molecule has 4 rings (SSSR count). The maximum absolute atomic E-state index is 12.8. The van der Waals surface area contributed by atoms with Crippen LogP contribution in [0.25, 0.3) is 11.4 Å². The second-order valence-corrected chi connectivity index (χ2v) is 7.36. The van der Waals surface area contributed by atoms with Gasteiger partial charge in [0.05, 0.1) is 5.92 Å². The summed E-state index contributed by atoms with van der Waals surface area (Å²) in [6.07, 6.45) is 1.84. The fraction of sp³-hybridized carbons (Fsp3) is 0.286. The van der Waals surface area contributed by atoms with E-state index >= 15 is 0 Å². The lowest BCUT2D eigenvalue weighted by Gasteiger charge is -2.31. The third kappa shape index (κ3) is 3.88. The first-order valence-electron chi connectivity index (χ1n) is 9.05. The number of halogens is 1. The van der Waals surface area contributed by atoms with Gasteiger partial charge in [-0.15, -0.1) is 0 Å². The number of hydrogen-bond acceptors (Lipinski definition) is 4. The molecule has 5 nitrogen and oxygen atoms in total. The molecule has 1 atom stereocenters. The van der Waals surface area contributed by atoms with Crippen molar-refractivity contribution in [3.63, 3.8) is 0 Å². The number of benzene rings is 2. The lowest BCUT2D eigenvalue weighted by molar-refractivity contribution is 0.0695. The average molecular weight is 382 g/mol. The molecule has 0 spiro atoms. The number of carbonyl (C=O) groups excluding carboxylic acids is 1. The van der Waals surface area contributed by atoms with E-state index in [0.717, 1.165) is 30.5 Å². The lowest BCUT2D eigenvalue weighted by atomic mass is 9.97. The molecule has 27 heavy (non-hydrogen) atoms. The molecular formula is C21H20ClN3O2. The van der Waals surface area contributed by atoms with Crippen molar-refractivity contribution in [1.29, 1.82) is 0 Å². The molecule has 1 fully saturated rings. The van der Waals surface area contributed by atoms with Gasteiger partial charge in [-0.05, 0) is 44.0 Å². The van der Waals surface area contributed by atoms with Gasteiger partial charge in [0.2, 0.25) is 11.7 Å². The lowest BCUT2D eigenvalue weighted by Crippen LogP contribution is -2.39. The zero-order valence-corrected chi connectivity index (χ0v) is 15.8. The van der Waals surface area contributed by atoms with Gasteiger partial charge in [0.15, 0.2) is 0 Å². The number of piperidine rings is 1. The van der Waals surface area contributed by atoms with E-state index in [4.69, 9.17) is 16.1 Å². The number of aromatic nitrogens is 2. The second-order valence-electron chi connectivity index (χ2n) is 6.92. The largest absolute Gasteiger partial charge is 0.339 e. The van der Waals surface area contributed by atoms with E-state index in [1.54, 1.807) is 0 Å². The number of hydrogen-bond donors (Lipinski definition) is 0. The minimum Gasteiger partial charge on any atom is -0.339 e. The van der Waals surface area contributed by atoms with E-state index in [0.29, 0.717) is 28.8 Å². The SMILES string of the molecule is Cc1ccc(C(=O)N2CCCC(c3nc(-c4cccc(Cl)c4)no3)C2)cc1. The smallest absolute Gasteiger partial charge is 0.253 e. The summed E-state index contributed by atoms with van der Waals surface area (Å²) in [5.74, 6) is 1.20. The first kappa shape index (κ1) is 17.7. The first-order valence-corrected chi connectivity index (χ1v) is 9.43. The molecule has 1 aliphatic rings. The van der Waals surface area contributed by atoms with Crippen LogP contribution in [0.3, 0.4) is 0 Å². The molecule has 0 radical (unpaired) electrons. The highest BCUT2D eigenvalue weighted by Crippen LogP contribution is 2.29. The third-order valence-corrected chi connectivity index (χ3v) is 5.12. The van der Waals surface area contributed by atoms with E-state index in [1.165, 1.54) is 0 Å². The molecule has 2 aromatic carbocycles. The average Bonchev–Trinajstić information content (AvgIpc) is 3.18. The number of amides is 1. The van der Waals surface area contributed by atoms with Crippen molar-refractivity contribution in [2.45, 2.75) is 25.7 Å². The van der Waals surface area contributed by atoms with E-state index in [-0.39, 0.29) is 11.8 Å². The molecule has 0 bridgehead atoms. The molecule has 1 unspecified atom stereocenters. The summed E-state index contributed by atoms with van der Waals surface area (Å²) in [7, 11) is 0. The summed E-state index contributed by atoms with van der Waals surface area (Å²) in [6, 6.07) is 15.1. The van der Waals surface area contributed by atoms with E-state index in [1.807, 2.05) is 60.4 Å². The fourth-order valence-electron chi connectivity index (χ4n) is 3.39. The monoisotopic (exact) mass is 381 g/mol. The Bertz CT molecular complexity index is 952. The molecular weight excluding hydrogens is 362 g/mol. The van der Waals surface area contributed by atoms with Crippen molar-refractivity contribution in [3.05, 3.63) is 70.6 Å². The second kappa shape index (κ2) is 7.53. The predicted molar refractivity (Wildman–Crippen MR) is 104 cm³/mol. The van der Waals surface area contributed by atoms with Crippen LogP contribution in [0.5, 0.6) is 0 Å². The zero-order chi connectivity index (χ0) is 18.8. The third-order valence-electron chi connectivity index (χ3n) is 4.88. The summed E-state index contributed by atoms with van der Waals surface area (Å²) in [5.41, 5.74) is 2.68. The Kier molecular flexibility index (Phi) is 4.94. The molecule has 2 heterocycles. The maximum Gasteiger partial charge on any atom is 0.253 e. The summed E-state index contributed by atoms with van der Waals surface area (Å²) < 4.78 is 5.51. The van der Waals surface area contributed by atoms with Crippen LogP contribution in [0.4, 0.5) is 0 Å². The molecule has 1 saturated heterocycles. The molecule has 3 aromatic rings. The van der Waals surface area contributed by atoms with Crippen molar-refractivity contribution in [1.82, 2.24) is 15.0 Å². The van der Waals surface area contributed by atoms with Gasteiger partial charge in [0, 0.05) is 29.2 Å². The summed E-state index contributed by atoms with van der Waals surface area (Å²) in [5, 5.41) is 4.72. The first-order chi connectivity index (χ1) is 13.1. The number of carbonyl (C=O) groups is 1. The zero-order valence-electron chi connectivity index (χ0n) is 15.1. The molecule has 1 amide bonds. The summed E-state index contributed by atoms with van der Waals surface area (Å²) in [6.45, 7) is 3.35. The van der Waals surface area contributed by atoms with Crippen LogP contribution in [-0.4, -0.2) is 34.0 Å². The topological polar surface area (TPSA) is 59.2 Å². The van der Waals surface area contributed by atoms with Crippen LogP contribution in [0, 0.1) is 6.92 Å². The minimum atomic E-state index is 0.0496. The van der Waals surface area contributed by atoms with E-state index < -0.39 is 0 Å². The van der Waals surface area contributed by atoms with E-state index in [2.05, 4.69) is 10.1 Å². The number of rotatable bonds is 3. The molecule has 1 aliphatic heterocycles. The summed E-state index contributed by atoms with van der Waals surface area (Å²) in [4.78, 5) is 19.2. The maximum atomic E-state index is 12.8. The molecule has 0 N–H and O–H groups in total. The molecule has 1 aromatic heterocycles. The van der Waals surface area contributed by atoms with Gasteiger partial charge in [-0.25, -0.2) is 0 Å². The van der Waals surface area contributed by atoms with Crippen molar-refractivity contribution >= 4 is 17.5 Å². The Labute approximate surface area is 163 Å². The Morgan fingerprint density at radius 2 is 2.04 bits per heavy atom. The van der Waals surface area contributed by atoms with Crippen LogP contribution in [-0.2, 0) is 0 Å². The van der Waals surface area contributed by atoms with Gasteiger partial charge < -0.3 is 9.42 Å². The van der Waals surface area contributed by atoms with Crippen molar-refractivity contribution in [2.75, 3.05) is 13.1 Å². The number of aryl methyl sites for hydroxylation is 1. The Hall–Kier alpha value is -2.66. The highest BCUT2D eigenvalue weighted by Gasteiger charge is 2.29. The number of likely N-dealkylation sites (tertiary alicyclic amines) is 1. The quantitative estimate of drug-likeness (QED) is 0.658. The van der Waals surface area contributed by atoms with E-state index in [9.17, 15) is 4.79 Å². The predicted octanol–water partition coefficient (Wildman–Crippen LogP) is 4.72. The minimum absolute atomic E-state index is 0.0496. The van der Waals surface area contributed by atoms with Crippen LogP contribution in [0.1, 0.15) is 40.6 Å². The highest BCUT2D eigenvalue weighted by molar-refractivity contribution is 6.30. The molecule has 6 heteroatoms. The van der Waals surface area contributed by atoms with Crippen molar-refractivity contribution in [3.8, 4) is 11.4 Å². The van der Waals surface area contributed by atoms with Crippen molar-refractivity contribution in [2.24, 2.45) is 0 Å². The van der Waals surface area contributed by atoms with Crippen LogP contribution in [0.2, 0.25) is 5.02 Å². The van der Waals surface area contributed by atoms with Crippen LogP contribution in [0.15, 0.2) is 53.1 Å². The van der Waals surface area contributed by atoms with Gasteiger partial charge in [0.25, 0.3) is 5.91 Å². The normalized spacial score (nSPS) is 17.1. The molecule has 138 valence electrons. The van der Waals surface area contributed by atoms with Crippen molar-refractivity contribution < 1.29 is 9.32 Å². The standard InChI is InChI=1S/C21H20ClN3O2/c1-14-7-9-15(10-8-14)21(26)25-11-3-5-17(13-25)20-23-19(24-27-20)16-4-2-6-18(22)12-16/h2,4,6-10,12,17H,3,5,11,13H2,1H3. The van der Waals surface area contributed by atoms with Crippen LogP contribution >= 0.6 is 11.6 Å². The van der Waals surface area contributed by atoms with Crippen LogP contribution < -0.4 is 0 Å². The van der Waals surface area contributed by atoms with Gasteiger partial charge in [-0.3, -0.25) is 4.79 Å². The summed E-state index contributed by atoms with van der Waals surface area (Å²) >= 11 is 6.04. The van der Waals surface area contributed by atoms with Gasteiger partial charge in [-0.1, -0.05) is 46.6 Å².